The summed E-state index contributed by atoms with van der Waals surface area (Å²) >= 11 is 0. The van der Waals surface area contributed by atoms with Crippen molar-refractivity contribution in [2.45, 2.75) is 60.4 Å². The number of phenolic OH excluding ortho intramolecular Hbond substituents is 12. The Balaban J connectivity index is 1.21. The van der Waals surface area contributed by atoms with Crippen LogP contribution in [0.2, 0.25) is 0 Å². The highest BCUT2D eigenvalue weighted by Gasteiger charge is 2.76. The summed E-state index contributed by atoms with van der Waals surface area (Å²) < 4.78 is 40.7. The summed E-state index contributed by atoms with van der Waals surface area (Å²) in [5.74, 6) is -35.4. The first-order valence-electron chi connectivity index (χ1n) is 22.4. The Kier molecular flexibility index (Phi) is 10.6. The fourth-order valence-electron chi connectivity index (χ4n) is 10.6. The van der Waals surface area contributed by atoms with Gasteiger partial charge >= 0.3 is 41.6 Å². The maximum atomic E-state index is 15.1. The van der Waals surface area contributed by atoms with Gasteiger partial charge in [0.25, 0.3) is 0 Å². The summed E-state index contributed by atoms with van der Waals surface area (Å²) in [5, 5.41) is 176. The van der Waals surface area contributed by atoms with Gasteiger partial charge in [0.15, 0.2) is 64.3 Å². The van der Waals surface area contributed by atoms with Gasteiger partial charge in [0.1, 0.15) is 41.6 Å². The van der Waals surface area contributed by atoms with Gasteiger partial charge in [0.2, 0.25) is 22.8 Å². The predicted molar refractivity (Wildman–Crippen MR) is 241 cm³/mol. The lowest BCUT2D eigenvalue weighted by Gasteiger charge is -2.49. The zero-order chi connectivity index (χ0) is 56.3. The number of hydrogen-bond donors (Lipinski definition) is 16. The number of carboxylic acid groups (broad SMARTS) is 1. The van der Waals surface area contributed by atoms with Gasteiger partial charge in [-0.2, -0.15) is 0 Å². The molecule has 2 unspecified atom stereocenters. The van der Waals surface area contributed by atoms with Gasteiger partial charge in [-0.25, -0.2) is 28.8 Å². The Labute approximate surface area is 429 Å². The second-order valence-corrected chi connectivity index (χ2v) is 18.4. The Morgan fingerprint density at radius 1 is 0.526 bits per heavy atom. The van der Waals surface area contributed by atoms with Gasteiger partial charge in [-0.15, -0.1) is 0 Å². The molecule has 0 aromatic heterocycles. The van der Waals surface area contributed by atoms with Crippen LogP contribution in [0.5, 0.6) is 80.5 Å². The van der Waals surface area contributed by atoms with Crippen LogP contribution in [-0.4, -0.2) is 166 Å². The van der Waals surface area contributed by atoms with E-state index in [4.69, 9.17) is 33.2 Å². The highest BCUT2D eigenvalue weighted by Crippen LogP contribution is 2.65. The minimum atomic E-state index is -4.21. The number of ether oxygens (including phenoxy) is 7. The molecular weight excluding hydrogens is 1050 g/mol. The number of aliphatic hydroxyl groups excluding tert-OH is 2. The molecule has 6 aliphatic heterocycles. The van der Waals surface area contributed by atoms with Crippen LogP contribution in [-0.2, 0) is 44.5 Å². The van der Waals surface area contributed by atoms with Gasteiger partial charge in [0, 0.05) is 40.3 Å². The number of aliphatic hydroxyl groups is 3. The van der Waals surface area contributed by atoms with E-state index in [0.717, 1.165) is 18.2 Å². The average Bonchev–Trinajstić information content (AvgIpc) is 2.28. The normalized spacial score (nSPS) is 26.8. The van der Waals surface area contributed by atoms with Crippen LogP contribution >= 0.6 is 0 Å². The third kappa shape index (κ3) is 6.64. The van der Waals surface area contributed by atoms with Crippen molar-refractivity contribution < 1.29 is 144 Å². The van der Waals surface area contributed by atoms with Gasteiger partial charge in [-0.05, 0) is 35.9 Å². The number of benzene rings is 5. The summed E-state index contributed by atoms with van der Waals surface area (Å²) in [6, 6.07) is 5.01. The molecule has 29 nitrogen and oxygen atoms in total. The summed E-state index contributed by atoms with van der Waals surface area (Å²) in [4.78, 5) is 87.2. The van der Waals surface area contributed by atoms with Crippen molar-refractivity contribution in [3.05, 3.63) is 87.0 Å². The molecule has 404 valence electrons. The zero-order valence-electron chi connectivity index (χ0n) is 38.5. The number of aliphatic carboxylic acids is 1. The lowest BCUT2D eigenvalue weighted by atomic mass is 9.66. The lowest BCUT2D eigenvalue weighted by Crippen LogP contribution is -2.68. The van der Waals surface area contributed by atoms with Crippen molar-refractivity contribution in [3.8, 4) is 91.6 Å². The molecule has 9 atom stereocenters. The van der Waals surface area contributed by atoms with E-state index < -0.39 is 233 Å². The van der Waals surface area contributed by atoms with Gasteiger partial charge < -0.3 is 115 Å². The largest absolute Gasteiger partial charge is 0.507 e. The van der Waals surface area contributed by atoms with Crippen molar-refractivity contribution in [2.75, 3.05) is 6.61 Å². The van der Waals surface area contributed by atoms with Crippen LogP contribution in [0.1, 0.15) is 65.3 Å². The molecule has 0 aliphatic carbocycles. The molecule has 11 rings (SSSR count). The van der Waals surface area contributed by atoms with Crippen LogP contribution in [0.3, 0.4) is 0 Å². The number of aromatic hydroxyl groups is 12. The highest BCUT2D eigenvalue weighted by molar-refractivity contribution is 6.18. The van der Waals surface area contributed by atoms with E-state index in [1.165, 1.54) is 6.07 Å². The number of cyclic esters (lactones) is 4. The lowest BCUT2D eigenvalue weighted by molar-refractivity contribution is -0.226. The monoisotopic (exact) mass is 1090 g/mol. The van der Waals surface area contributed by atoms with E-state index in [-0.39, 0.29) is 17.2 Å². The molecule has 0 radical (unpaired) electrons. The van der Waals surface area contributed by atoms with Crippen LogP contribution in [0.4, 0.5) is 0 Å². The van der Waals surface area contributed by atoms with Gasteiger partial charge in [0.05, 0.1) is 34.3 Å². The number of carboxylic acids is 1. The molecular formula is C49H34O29. The van der Waals surface area contributed by atoms with Crippen molar-refractivity contribution in [1.29, 1.82) is 0 Å². The number of carbonyl (C=O) groups is 6. The molecule has 0 amide bonds. The Morgan fingerprint density at radius 2 is 1.06 bits per heavy atom. The third-order valence-electron chi connectivity index (χ3n) is 14.1. The minimum absolute atomic E-state index is 0.0720. The average molecular weight is 1090 g/mol. The molecule has 6 aliphatic rings. The molecule has 0 saturated carbocycles. The number of carbonyl (C=O) groups excluding carboxylic acids is 5. The first-order valence-corrected chi connectivity index (χ1v) is 22.4. The number of rotatable bonds is 3. The number of phenols is 12. The predicted octanol–water partition coefficient (Wildman–Crippen LogP) is 0.0778. The Hall–Kier alpha value is -10.3. The number of hydrogen-bond acceptors (Lipinski definition) is 28. The fraction of sp³-hybridized carbons (Fsp3) is 0.224. The molecule has 78 heavy (non-hydrogen) atoms. The minimum Gasteiger partial charge on any atom is -0.507 e. The summed E-state index contributed by atoms with van der Waals surface area (Å²) in [6.45, 7) is -1.46. The summed E-state index contributed by atoms with van der Waals surface area (Å²) in [5.41, 5.74) is -14.8. The third-order valence-corrected chi connectivity index (χ3v) is 14.1. The smallest absolute Gasteiger partial charge is 0.382 e. The Morgan fingerprint density at radius 3 is 1.64 bits per heavy atom. The molecule has 1 spiro atoms. The molecule has 5 aromatic carbocycles. The number of esters is 5. The Bertz CT molecular complexity index is 3670. The van der Waals surface area contributed by atoms with E-state index in [1.54, 1.807) is 0 Å². The second kappa shape index (κ2) is 16.6. The molecule has 5 aromatic rings. The maximum absolute atomic E-state index is 15.1. The molecule has 1 fully saturated rings. The van der Waals surface area contributed by atoms with Crippen LogP contribution in [0, 0.1) is 0 Å². The first-order chi connectivity index (χ1) is 36.7. The number of fused-ring (bicyclic) bond motifs is 12. The summed E-state index contributed by atoms with van der Waals surface area (Å²) in [6.07, 6.45) is -14.8. The van der Waals surface area contributed by atoms with E-state index in [0.29, 0.717) is 12.1 Å². The van der Waals surface area contributed by atoms with Crippen molar-refractivity contribution in [3.63, 3.8) is 0 Å². The van der Waals surface area contributed by atoms with Crippen molar-refractivity contribution in [1.82, 2.24) is 0 Å². The molecule has 16 N–H and O–H groups in total. The van der Waals surface area contributed by atoms with E-state index in [9.17, 15) is 101 Å². The fourth-order valence-corrected chi connectivity index (χ4v) is 10.6. The molecule has 1 saturated heterocycles. The first kappa shape index (κ1) is 49.9. The van der Waals surface area contributed by atoms with E-state index in [1.807, 2.05) is 0 Å². The van der Waals surface area contributed by atoms with Gasteiger partial charge in [-0.3, -0.25) is 0 Å². The maximum Gasteiger partial charge on any atom is 0.382 e. The van der Waals surface area contributed by atoms with Crippen LogP contribution in [0.25, 0.3) is 16.7 Å². The van der Waals surface area contributed by atoms with E-state index >= 15 is 9.59 Å². The highest BCUT2D eigenvalue weighted by atomic mass is 16.7. The molecule has 2 bridgehead atoms. The van der Waals surface area contributed by atoms with E-state index in [2.05, 4.69) is 0 Å². The molecule has 6 heterocycles. The second-order valence-electron chi connectivity index (χ2n) is 18.4. The quantitative estimate of drug-likeness (QED) is 0.0646. The van der Waals surface area contributed by atoms with Crippen LogP contribution in [0.15, 0.2) is 48.0 Å². The van der Waals surface area contributed by atoms with Crippen molar-refractivity contribution >= 4 is 41.4 Å². The topological polar surface area (TPSA) is 491 Å². The van der Waals surface area contributed by atoms with Crippen LogP contribution < -0.4 is 9.47 Å². The summed E-state index contributed by atoms with van der Waals surface area (Å²) in [7, 11) is 0. The van der Waals surface area contributed by atoms with Crippen molar-refractivity contribution in [2.24, 2.45) is 0 Å². The van der Waals surface area contributed by atoms with Gasteiger partial charge in [-0.1, -0.05) is 6.07 Å². The standard InChI is InChI=1S/C49H34O29/c50-15-2-1-10(3-17(15)52)37-21(56)4-11-16(51)8-23-27(38(11)73-37)29-40-41(39-22(57)9-72-42(64)12-5-18(53)31(58)34(61)24(12)25-13(43(65)74-39)6-19(54)32(59)35(25)62)76-44(66)14-7-20(55)33(60)36(63)26(14)28-30(45(67)75-40)48(29,77-23)47(70)78-49(28,71)46(68)69/h1-3,5-8,21-22,29,37,39-41,50-63,71H,4,9H2,(H,68,69)/t21-,22-,29-,37-,39-,40+,41+,48?,49?/m1/s1. The molecule has 29 heteroatoms. The zero-order valence-corrected chi connectivity index (χ0v) is 38.5. The SMILES string of the molecule is O=C1O[C@@H]2[C@H]([C@@H]3OC(=O)c4cc(O)c(O)c(O)c4-c4c(cc(O)c(O)c4O)C(=O)OC[C@H]3O)OC(=O)c3cc(O)c(O)c(O)c3C3=C1C1(Oc4cc(O)c5c(c4[C@H]21)O[C@H](c1ccc(O)c(O)c1)[C@H](O)C5)C(=O)OC3(O)C(=O)O.